The third-order valence-electron chi connectivity index (χ3n) is 6.16. The van der Waals surface area contributed by atoms with E-state index in [1.54, 1.807) is 37.8 Å². The van der Waals surface area contributed by atoms with Gasteiger partial charge in [-0.15, -0.1) is 0 Å². The summed E-state index contributed by atoms with van der Waals surface area (Å²) in [7, 11) is -2.33. The molecule has 2 aromatic carbocycles. The van der Waals surface area contributed by atoms with Crippen LogP contribution in [0.25, 0.3) is 0 Å². The molecule has 3 rings (SSSR count). The summed E-state index contributed by atoms with van der Waals surface area (Å²) in [6.07, 6.45) is -2.00. The van der Waals surface area contributed by atoms with E-state index in [0.717, 1.165) is 17.7 Å². The van der Waals surface area contributed by atoms with Crippen LogP contribution in [0.4, 0.5) is 14.5 Å². The lowest BCUT2D eigenvalue weighted by molar-refractivity contribution is -0.148. The molecule has 1 heterocycles. The van der Waals surface area contributed by atoms with Crippen LogP contribution in [0.3, 0.4) is 0 Å². The van der Waals surface area contributed by atoms with Gasteiger partial charge in [0.15, 0.2) is 0 Å². The Labute approximate surface area is 215 Å². The van der Waals surface area contributed by atoms with E-state index in [1.807, 2.05) is 6.92 Å². The summed E-state index contributed by atoms with van der Waals surface area (Å²) < 4.78 is 35.1. The predicted octanol–water partition coefficient (Wildman–Crippen LogP) is 3.20. The largest absolute Gasteiger partial charge is 0.494 e. The van der Waals surface area contributed by atoms with E-state index < -0.39 is 56.1 Å². The van der Waals surface area contributed by atoms with Gasteiger partial charge in [0.25, 0.3) is 11.8 Å². The normalized spacial score (nSPS) is 16.1. The number of hydrogen-bond donors (Lipinski definition) is 3. The zero-order valence-corrected chi connectivity index (χ0v) is 22.3. The molecule has 0 spiro atoms. The van der Waals surface area contributed by atoms with Crippen molar-refractivity contribution in [2.75, 3.05) is 18.5 Å². The molecule has 2 atom stereocenters. The molecule has 200 valence electrons. The highest BCUT2D eigenvalue weighted by atomic mass is 28.3. The first kappa shape index (κ1) is 28.3. The topological polar surface area (TPSA) is 116 Å². The Morgan fingerprint density at radius 2 is 1.81 bits per heavy atom. The van der Waals surface area contributed by atoms with E-state index in [4.69, 9.17) is 9.84 Å². The highest BCUT2D eigenvalue weighted by Crippen LogP contribution is 2.34. The Kier molecular flexibility index (Phi) is 8.70. The molecule has 0 saturated heterocycles. The van der Waals surface area contributed by atoms with Crippen molar-refractivity contribution in [1.82, 2.24) is 4.90 Å². The zero-order chi connectivity index (χ0) is 27.5. The number of carbonyl (C=O) groups excluding carboxylic acids is 2. The third kappa shape index (κ3) is 6.52. The standard InChI is InChI=1S/C26H32F2N2O6Si/c1-5-36-17-6-7-18-15(12-17)10-11-30(26(35)21(31)8-9-22(32)33)23(18)25(34)29-16-13-19(27)24(20(28)14-16)37(2,3)4/h6-7,12-14,21,23,31H,5,8-11H2,1-4H3,(H,29,34)(H,32,33)/t21?,23-/m1/s1. The van der Waals surface area contributed by atoms with Crippen LogP contribution >= 0.6 is 0 Å². The number of amides is 2. The van der Waals surface area contributed by atoms with Gasteiger partial charge in [0.2, 0.25) is 0 Å². The number of ether oxygens (including phenoxy) is 1. The summed E-state index contributed by atoms with van der Waals surface area (Å²) in [5.74, 6) is -3.60. The molecule has 0 radical (unpaired) electrons. The maximum absolute atomic E-state index is 14.8. The second-order valence-corrected chi connectivity index (χ2v) is 15.0. The summed E-state index contributed by atoms with van der Waals surface area (Å²) in [6, 6.07) is 5.97. The van der Waals surface area contributed by atoms with Crippen molar-refractivity contribution in [2.24, 2.45) is 0 Å². The van der Waals surface area contributed by atoms with Crippen molar-refractivity contribution in [2.45, 2.75) is 58.0 Å². The first-order valence-corrected chi connectivity index (χ1v) is 15.6. The molecular formula is C26H32F2N2O6Si. The summed E-state index contributed by atoms with van der Waals surface area (Å²) in [5.41, 5.74) is 1.13. The fraction of sp³-hybridized carbons (Fsp3) is 0.423. The summed E-state index contributed by atoms with van der Waals surface area (Å²) in [4.78, 5) is 38.7. The number of anilines is 1. The number of rotatable bonds is 9. The van der Waals surface area contributed by atoms with Gasteiger partial charge >= 0.3 is 5.97 Å². The Bertz CT molecular complexity index is 1180. The minimum atomic E-state index is -2.33. The highest BCUT2D eigenvalue weighted by molar-refractivity contribution is 6.88. The minimum Gasteiger partial charge on any atom is -0.494 e. The van der Waals surface area contributed by atoms with Gasteiger partial charge in [0, 0.05) is 23.8 Å². The maximum atomic E-state index is 14.8. The first-order valence-electron chi connectivity index (χ1n) is 12.1. The molecule has 0 saturated carbocycles. The second-order valence-electron chi connectivity index (χ2n) is 9.98. The van der Waals surface area contributed by atoms with Crippen molar-refractivity contribution in [3.05, 3.63) is 53.1 Å². The van der Waals surface area contributed by atoms with Crippen LogP contribution in [0, 0.1) is 11.6 Å². The van der Waals surface area contributed by atoms with Crippen molar-refractivity contribution in [1.29, 1.82) is 0 Å². The van der Waals surface area contributed by atoms with E-state index in [2.05, 4.69) is 5.32 Å². The SMILES string of the molecule is CCOc1ccc2c(c1)CCN(C(=O)C(O)CCC(=O)O)[C@H]2C(=O)Nc1cc(F)c([Si](C)(C)C)c(F)c1. The number of nitrogens with zero attached hydrogens (tertiary/aromatic N) is 1. The van der Waals surface area contributed by atoms with Gasteiger partial charge in [0.1, 0.15) is 29.5 Å². The molecule has 0 fully saturated rings. The summed E-state index contributed by atoms with van der Waals surface area (Å²) in [5, 5.41) is 21.8. The number of aliphatic hydroxyl groups is 1. The number of aliphatic hydroxyl groups excluding tert-OH is 1. The molecule has 0 aromatic heterocycles. The number of fused-ring (bicyclic) bond motifs is 1. The van der Waals surface area contributed by atoms with Crippen molar-refractivity contribution < 1.29 is 38.1 Å². The molecule has 8 nitrogen and oxygen atoms in total. The average molecular weight is 535 g/mol. The van der Waals surface area contributed by atoms with Crippen LogP contribution in [-0.2, 0) is 20.8 Å². The van der Waals surface area contributed by atoms with Gasteiger partial charge in [-0.05, 0) is 55.2 Å². The second kappa shape index (κ2) is 11.4. The molecule has 1 aliphatic heterocycles. The van der Waals surface area contributed by atoms with Crippen LogP contribution in [0.2, 0.25) is 19.6 Å². The molecule has 11 heteroatoms. The monoisotopic (exact) mass is 534 g/mol. The van der Waals surface area contributed by atoms with Gasteiger partial charge in [0.05, 0.1) is 14.7 Å². The Hall–Kier alpha value is -3.31. The fourth-order valence-electron chi connectivity index (χ4n) is 4.53. The lowest BCUT2D eigenvalue weighted by Gasteiger charge is -2.37. The zero-order valence-electron chi connectivity index (χ0n) is 21.3. The molecule has 2 amide bonds. The number of hydrogen-bond acceptors (Lipinski definition) is 5. The molecule has 1 aliphatic rings. The summed E-state index contributed by atoms with van der Waals surface area (Å²) in [6.45, 7) is 7.76. The quantitative estimate of drug-likeness (QED) is 0.426. The number of aliphatic carboxylic acids is 1. The van der Waals surface area contributed by atoms with Gasteiger partial charge < -0.3 is 25.2 Å². The van der Waals surface area contributed by atoms with Gasteiger partial charge in [-0.1, -0.05) is 25.7 Å². The Morgan fingerprint density at radius 1 is 1.16 bits per heavy atom. The Balaban J connectivity index is 1.97. The molecule has 3 N–H and O–H groups in total. The van der Waals surface area contributed by atoms with Crippen LogP contribution in [0.15, 0.2) is 30.3 Å². The molecule has 0 aliphatic carbocycles. The van der Waals surface area contributed by atoms with Crippen molar-refractivity contribution >= 4 is 36.7 Å². The van der Waals surface area contributed by atoms with Crippen LogP contribution < -0.4 is 15.2 Å². The molecule has 2 aromatic rings. The van der Waals surface area contributed by atoms with E-state index in [0.29, 0.717) is 24.3 Å². The lowest BCUT2D eigenvalue weighted by atomic mass is 9.91. The van der Waals surface area contributed by atoms with Crippen LogP contribution in [0.5, 0.6) is 5.75 Å². The minimum absolute atomic E-state index is 0.0234. The van der Waals surface area contributed by atoms with Gasteiger partial charge in [-0.2, -0.15) is 0 Å². The average Bonchev–Trinajstić information content (AvgIpc) is 2.79. The number of carbonyl (C=O) groups is 3. The van der Waals surface area contributed by atoms with Crippen molar-refractivity contribution in [3.63, 3.8) is 0 Å². The predicted molar refractivity (Wildman–Crippen MR) is 137 cm³/mol. The molecule has 0 bridgehead atoms. The Morgan fingerprint density at radius 3 is 2.38 bits per heavy atom. The number of nitrogens with one attached hydrogen (secondary N) is 1. The number of carboxylic acids is 1. The highest BCUT2D eigenvalue weighted by Gasteiger charge is 2.38. The number of halogens is 2. The van der Waals surface area contributed by atoms with Gasteiger partial charge in [-0.25, -0.2) is 8.78 Å². The number of benzene rings is 2. The summed E-state index contributed by atoms with van der Waals surface area (Å²) >= 11 is 0. The smallest absolute Gasteiger partial charge is 0.303 e. The van der Waals surface area contributed by atoms with Crippen molar-refractivity contribution in [3.8, 4) is 5.75 Å². The molecule has 37 heavy (non-hydrogen) atoms. The maximum Gasteiger partial charge on any atom is 0.303 e. The fourth-order valence-corrected chi connectivity index (χ4v) is 6.10. The van der Waals surface area contributed by atoms with E-state index in [-0.39, 0.29) is 23.8 Å². The van der Waals surface area contributed by atoms with Gasteiger partial charge in [-0.3, -0.25) is 14.4 Å². The lowest BCUT2D eigenvalue weighted by Crippen LogP contribution is -2.49. The van der Waals surface area contributed by atoms with E-state index in [9.17, 15) is 28.3 Å². The van der Waals surface area contributed by atoms with E-state index >= 15 is 0 Å². The number of carboxylic acid groups (broad SMARTS) is 1. The first-order chi connectivity index (χ1) is 17.3. The van der Waals surface area contributed by atoms with Crippen LogP contribution in [0.1, 0.15) is 36.9 Å². The molecule has 1 unspecified atom stereocenters. The molecular weight excluding hydrogens is 502 g/mol. The van der Waals surface area contributed by atoms with Crippen LogP contribution in [-0.4, -0.2) is 60.2 Å². The van der Waals surface area contributed by atoms with E-state index in [1.165, 1.54) is 4.90 Å². The third-order valence-corrected chi connectivity index (χ3v) is 8.14.